The van der Waals surface area contributed by atoms with Crippen LogP contribution in [-0.4, -0.2) is 25.4 Å². The van der Waals surface area contributed by atoms with Crippen molar-refractivity contribution in [1.29, 1.82) is 0 Å². The van der Waals surface area contributed by atoms with Gasteiger partial charge in [0.05, 0.1) is 25.8 Å². The van der Waals surface area contributed by atoms with E-state index >= 15 is 0 Å². The van der Waals surface area contributed by atoms with Crippen molar-refractivity contribution in [2.24, 2.45) is 0 Å². The molecule has 4 nitrogen and oxygen atoms in total. The second kappa shape index (κ2) is 9.53. The van der Waals surface area contributed by atoms with Gasteiger partial charge in [-0.2, -0.15) is 0 Å². The Bertz CT molecular complexity index is 746. The molecule has 0 unspecified atom stereocenters. The summed E-state index contributed by atoms with van der Waals surface area (Å²) in [5.74, 6) is 1.28. The molecule has 0 aliphatic heterocycles. The van der Waals surface area contributed by atoms with Gasteiger partial charge < -0.3 is 14.8 Å². The fourth-order valence-corrected chi connectivity index (χ4v) is 3.69. The van der Waals surface area contributed by atoms with Gasteiger partial charge in [0.2, 0.25) is 0 Å². The highest BCUT2D eigenvalue weighted by Gasteiger charge is 2.18. The molecule has 0 radical (unpaired) electrons. The predicted octanol–water partition coefficient (Wildman–Crippen LogP) is 5.09. The number of carbonyl (C=O) groups is 1. The molecule has 2 rings (SSSR count). The highest BCUT2D eigenvalue weighted by molar-refractivity contribution is 8.00. The van der Waals surface area contributed by atoms with Crippen molar-refractivity contribution >= 4 is 17.7 Å². The van der Waals surface area contributed by atoms with Gasteiger partial charge in [-0.25, -0.2) is 0 Å². The summed E-state index contributed by atoms with van der Waals surface area (Å²) in [5.41, 5.74) is 1.71. The molecule has 2 aromatic rings. The van der Waals surface area contributed by atoms with E-state index in [1.165, 1.54) is 0 Å². The lowest BCUT2D eigenvalue weighted by Crippen LogP contribution is -2.28. The maximum Gasteiger partial charge on any atom is 0.252 e. The van der Waals surface area contributed by atoms with Crippen LogP contribution in [0.3, 0.4) is 0 Å². The van der Waals surface area contributed by atoms with Crippen LogP contribution in [0, 0.1) is 0 Å². The first-order valence-electron chi connectivity index (χ1n) is 8.78. The Balaban J connectivity index is 2.24. The van der Waals surface area contributed by atoms with E-state index in [9.17, 15) is 4.79 Å². The normalized spacial score (nSPS) is 11.9. The van der Waals surface area contributed by atoms with Gasteiger partial charge in [0.15, 0.2) is 11.5 Å². The zero-order valence-corrected chi connectivity index (χ0v) is 16.9. The molecule has 0 aliphatic rings. The first-order chi connectivity index (χ1) is 12.5. The molecule has 0 aromatic heterocycles. The molecular formula is C21H27NO3S. The predicted molar refractivity (Wildman–Crippen MR) is 107 cm³/mol. The van der Waals surface area contributed by atoms with E-state index in [0.717, 1.165) is 16.9 Å². The maximum absolute atomic E-state index is 12.9. The van der Waals surface area contributed by atoms with Gasteiger partial charge in [0.1, 0.15) is 0 Å². The van der Waals surface area contributed by atoms with Crippen molar-refractivity contribution in [3.05, 3.63) is 53.6 Å². The fraction of sp³-hybridized carbons (Fsp3) is 0.381. The number of carbonyl (C=O) groups excluding carboxylic acids is 1. The molecule has 1 amide bonds. The van der Waals surface area contributed by atoms with Gasteiger partial charge in [-0.1, -0.05) is 39.0 Å². The van der Waals surface area contributed by atoms with Crippen LogP contribution in [0.1, 0.15) is 49.2 Å². The molecule has 0 saturated carbocycles. The van der Waals surface area contributed by atoms with E-state index in [4.69, 9.17) is 9.47 Å². The number of amides is 1. The first kappa shape index (κ1) is 20.2. The minimum atomic E-state index is -0.0978. The maximum atomic E-state index is 12.9. The average molecular weight is 374 g/mol. The molecular weight excluding hydrogens is 346 g/mol. The number of nitrogens with one attached hydrogen (secondary N) is 1. The Morgan fingerprint density at radius 3 is 2.38 bits per heavy atom. The van der Waals surface area contributed by atoms with Crippen LogP contribution in [-0.2, 0) is 0 Å². The van der Waals surface area contributed by atoms with E-state index < -0.39 is 0 Å². The summed E-state index contributed by atoms with van der Waals surface area (Å²) >= 11 is 1.70. The van der Waals surface area contributed by atoms with Crippen LogP contribution in [0.5, 0.6) is 11.5 Å². The molecule has 0 fully saturated rings. The molecule has 5 heteroatoms. The number of thioether (sulfide) groups is 1. The van der Waals surface area contributed by atoms with Crippen molar-refractivity contribution in [2.45, 2.75) is 43.4 Å². The lowest BCUT2D eigenvalue weighted by atomic mass is 10.0. The molecule has 0 aliphatic carbocycles. The van der Waals surface area contributed by atoms with Crippen LogP contribution in [0.2, 0.25) is 0 Å². The van der Waals surface area contributed by atoms with Crippen LogP contribution < -0.4 is 14.8 Å². The third-order valence-corrected chi connectivity index (χ3v) is 5.10. The largest absolute Gasteiger partial charge is 0.493 e. The third kappa shape index (κ3) is 4.94. The lowest BCUT2D eigenvalue weighted by Gasteiger charge is -2.20. The van der Waals surface area contributed by atoms with E-state index in [1.54, 1.807) is 26.0 Å². The Hall–Kier alpha value is -2.14. The summed E-state index contributed by atoms with van der Waals surface area (Å²) in [6, 6.07) is 13.4. The average Bonchev–Trinajstić information content (AvgIpc) is 2.65. The van der Waals surface area contributed by atoms with Crippen molar-refractivity contribution in [2.75, 3.05) is 14.2 Å². The molecule has 1 atom stereocenters. The number of hydrogen-bond acceptors (Lipinski definition) is 4. The number of benzene rings is 2. The fourth-order valence-electron chi connectivity index (χ4n) is 2.74. The van der Waals surface area contributed by atoms with E-state index in [2.05, 4.69) is 26.1 Å². The van der Waals surface area contributed by atoms with Crippen molar-refractivity contribution < 1.29 is 14.3 Å². The van der Waals surface area contributed by atoms with Crippen LogP contribution in [0.15, 0.2) is 47.4 Å². The highest BCUT2D eigenvalue weighted by atomic mass is 32.2. The topological polar surface area (TPSA) is 47.6 Å². The van der Waals surface area contributed by atoms with Gasteiger partial charge in [-0.3, -0.25) is 4.79 Å². The molecule has 140 valence electrons. The summed E-state index contributed by atoms with van der Waals surface area (Å²) in [5, 5.41) is 3.57. The van der Waals surface area contributed by atoms with Gasteiger partial charge in [-0.15, -0.1) is 11.8 Å². The summed E-state index contributed by atoms with van der Waals surface area (Å²) in [4.78, 5) is 13.9. The Labute approximate surface area is 160 Å². The van der Waals surface area contributed by atoms with Gasteiger partial charge >= 0.3 is 0 Å². The molecule has 0 bridgehead atoms. The van der Waals surface area contributed by atoms with Gasteiger partial charge in [0, 0.05) is 10.1 Å². The molecule has 26 heavy (non-hydrogen) atoms. The number of hydrogen-bond donors (Lipinski definition) is 1. The quantitative estimate of drug-likeness (QED) is 0.655. The number of methoxy groups -OCH3 is 2. The first-order valence-corrected chi connectivity index (χ1v) is 9.66. The third-order valence-electron chi connectivity index (χ3n) is 4.02. The lowest BCUT2D eigenvalue weighted by molar-refractivity contribution is 0.0932. The van der Waals surface area contributed by atoms with Crippen LogP contribution >= 0.6 is 11.8 Å². The monoisotopic (exact) mass is 373 g/mol. The van der Waals surface area contributed by atoms with E-state index in [-0.39, 0.29) is 11.9 Å². The molecule has 2 aromatic carbocycles. The smallest absolute Gasteiger partial charge is 0.252 e. The minimum absolute atomic E-state index is 0.0598. The SMILES string of the molecule is CC[C@@H](NC(=O)c1ccccc1SC(C)C)c1ccc(OC)c(OC)c1. The van der Waals surface area contributed by atoms with Crippen molar-refractivity contribution in [3.63, 3.8) is 0 Å². The molecule has 1 N–H and O–H groups in total. The van der Waals surface area contributed by atoms with Gasteiger partial charge in [0.25, 0.3) is 5.91 Å². The number of ether oxygens (including phenoxy) is 2. The standard InChI is InChI=1S/C21H27NO3S/c1-6-17(15-11-12-18(24-4)19(13-15)25-5)22-21(23)16-9-7-8-10-20(16)26-14(2)3/h7-14,17H,6H2,1-5H3,(H,22,23)/t17-/m1/s1. The van der Waals surface area contributed by atoms with Gasteiger partial charge in [-0.05, 0) is 36.2 Å². The second-order valence-electron chi connectivity index (χ2n) is 6.21. The highest BCUT2D eigenvalue weighted by Crippen LogP contribution is 2.31. The summed E-state index contributed by atoms with van der Waals surface area (Å²) < 4.78 is 10.7. The Morgan fingerprint density at radius 1 is 1.08 bits per heavy atom. The zero-order chi connectivity index (χ0) is 19.1. The number of rotatable bonds is 8. The molecule has 0 saturated heterocycles. The Kier molecular flexibility index (Phi) is 7.39. The van der Waals surface area contributed by atoms with Crippen molar-refractivity contribution in [1.82, 2.24) is 5.32 Å². The molecule has 0 spiro atoms. The molecule has 0 heterocycles. The van der Waals surface area contributed by atoms with E-state index in [1.807, 2.05) is 42.5 Å². The van der Waals surface area contributed by atoms with Crippen molar-refractivity contribution in [3.8, 4) is 11.5 Å². The minimum Gasteiger partial charge on any atom is -0.493 e. The summed E-state index contributed by atoms with van der Waals surface area (Å²) in [6.07, 6.45) is 0.778. The van der Waals surface area contributed by atoms with E-state index in [0.29, 0.717) is 22.3 Å². The second-order valence-corrected chi connectivity index (χ2v) is 7.83. The van der Waals surface area contributed by atoms with Crippen LogP contribution in [0.25, 0.3) is 0 Å². The Morgan fingerprint density at radius 2 is 1.77 bits per heavy atom. The van der Waals surface area contributed by atoms with Crippen LogP contribution in [0.4, 0.5) is 0 Å². The summed E-state index contributed by atoms with van der Waals surface area (Å²) in [6.45, 7) is 6.30. The summed E-state index contributed by atoms with van der Waals surface area (Å²) in [7, 11) is 3.22. The zero-order valence-electron chi connectivity index (χ0n) is 16.0.